The molecule has 6 heteroatoms. The molecule has 0 N–H and O–H groups in total. The maximum Gasteiger partial charge on any atom is 0.303 e. The van der Waals surface area contributed by atoms with Gasteiger partial charge in [-0.15, -0.1) is 0 Å². The van der Waals surface area contributed by atoms with Crippen LogP contribution in [0.3, 0.4) is 0 Å². The number of alkyl halides is 2. The Bertz CT molecular complexity index is 254. The third-order valence-electron chi connectivity index (χ3n) is 2.36. The summed E-state index contributed by atoms with van der Waals surface area (Å²) in [5.74, 6) is -0.704. The summed E-state index contributed by atoms with van der Waals surface area (Å²) < 4.78 is 10.3. The van der Waals surface area contributed by atoms with Crippen LogP contribution in [0.1, 0.15) is 26.7 Å². The van der Waals surface area contributed by atoms with E-state index in [4.69, 9.17) is 9.47 Å². The molecule has 0 bridgehead atoms. The van der Waals surface area contributed by atoms with Gasteiger partial charge >= 0.3 is 11.9 Å². The molecule has 92 valence electrons. The Morgan fingerprint density at radius 1 is 0.938 bits per heavy atom. The van der Waals surface area contributed by atoms with Crippen molar-refractivity contribution < 1.29 is 19.1 Å². The first-order chi connectivity index (χ1) is 7.40. The van der Waals surface area contributed by atoms with E-state index in [1.54, 1.807) is 0 Å². The number of hydrogen-bond donors (Lipinski definition) is 0. The molecule has 1 fully saturated rings. The molecule has 0 aromatic rings. The Balaban J connectivity index is 2.66. The molecule has 1 aliphatic carbocycles. The molecular weight excluding hydrogens is 344 g/mol. The lowest BCUT2D eigenvalue weighted by Gasteiger charge is -2.35. The summed E-state index contributed by atoms with van der Waals surface area (Å²) in [7, 11) is 0. The lowest BCUT2D eigenvalue weighted by molar-refractivity contribution is -0.168. The SMILES string of the molecule is CC(=O)O[C@H]1C[C@@H](Br)[C@@H](Br)C[C@H]1OC(C)=O. The first kappa shape index (κ1) is 14.0. The minimum atomic E-state index is -0.362. The van der Waals surface area contributed by atoms with Gasteiger partial charge in [-0.05, 0) is 0 Å². The molecule has 0 radical (unpaired) electrons. The van der Waals surface area contributed by atoms with Gasteiger partial charge in [0.15, 0.2) is 0 Å². The highest BCUT2D eigenvalue weighted by Crippen LogP contribution is 2.33. The van der Waals surface area contributed by atoms with E-state index < -0.39 is 0 Å². The van der Waals surface area contributed by atoms with E-state index in [9.17, 15) is 9.59 Å². The van der Waals surface area contributed by atoms with Gasteiger partial charge in [0.05, 0.1) is 0 Å². The van der Waals surface area contributed by atoms with E-state index in [-0.39, 0.29) is 33.8 Å². The summed E-state index contributed by atoms with van der Waals surface area (Å²) in [5, 5.41) is 0. The molecule has 4 atom stereocenters. The molecule has 0 aromatic carbocycles. The molecule has 0 amide bonds. The smallest absolute Gasteiger partial charge is 0.303 e. The second-order valence-electron chi connectivity index (χ2n) is 3.80. The van der Waals surface area contributed by atoms with Crippen LogP contribution in [0.4, 0.5) is 0 Å². The highest BCUT2D eigenvalue weighted by atomic mass is 79.9. The third-order valence-corrected chi connectivity index (χ3v) is 5.09. The Hall–Kier alpha value is -0.100. The predicted octanol–water partition coefficient (Wildman–Crippen LogP) is 2.17. The van der Waals surface area contributed by atoms with Gasteiger partial charge in [-0.25, -0.2) is 0 Å². The number of esters is 2. The molecule has 0 unspecified atom stereocenters. The first-order valence-corrected chi connectivity index (χ1v) is 6.86. The van der Waals surface area contributed by atoms with E-state index in [1.165, 1.54) is 13.8 Å². The molecule has 0 aromatic heterocycles. The maximum atomic E-state index is 10.9. The predicted molar refractivity (Wildman–Crippen MR) is 65.8 cm³/mol. The van der Waals surface area contributed by atoms with Crippen LogP contribution in [0.25, 0.3) is 0 Å². The molecule has 0 spiro atoms. The quantitative estimate of drug-likeness (QED) is 0.561. The zero-order chi connectivity index (χ0) is 12.3. The summed E-state index contributed by atoms with van der Waals surface area (Å²) in [5.41, 5.74) is 0. The minimum Gasteiger partial charge on any atom is -0.459 e. The third kappa shape index (κ3) is 4.05. The largest absolute Gasteiger partial charge is 0.459 e. The number of hydrogen-bond acceptors (Lipinski definition) is 4. The topological polar surface area (TPSA) is 52.6 Å². The van der Waals surface area contributed by atoms with Crippen molar-refractivity contribution in [3.8, 4) is 0 Å². The van der Waals surface area contributed by atoms with Crippen molar-refractivity contribution in [3.63, 3.8) is 0 Å². The Morgan fingerprint density at radius 2 is 1.25 bits per heavy atom. The minimum absolute atomic E-state index is 0.212. The molecule has 0 saturated heterocycles. The second-order valence-corrected chi connectivity index (χ2v) is 6.15. The Kier molecular flexibility index (Phi) is 5.24. The van der Waals surface area contributed by atoms with E-state index in [0.29, 0.717) is 12.8 Å². The molecule has 1 aliphatic rings. The number of carbonyl (C=O) groups excluding carboxylic acids is 2. The van der Waals surface area contributed by atoms with Crippen LogP contribution in [0.15, 0.2) is 0 Å². The first-order valence-electron chi connectivity index (χ1n) is 5.02. The van der Waals surface area contributed by atoms with Gasteiger partial charge in [0.25, 0.3) is 0 Å². The van der Waals surface area contributed by atoms with Crippen LogP contribution < -0.4 is 0 Å². The molecule has 1 rings (SSSR count). The number of carbonyl (C=O) groups is 2. The Morgan fingerprint density at radius 3 is 1.50 bits per heavy atom. The average Bonchev–Trinajstić information content (AvgIpc) is 2.11. The summed E-state index contributed by atoms with van der Waals surface area (Å²) in [6, 6.07) is 0. The zero-order valence-corrected chi connectivity index (χ0v) is 12.3. The lowest BCUT2D eigenvalue weighted by Crippen LogP contribution is -2.44. The van der Waals surface area contributed by atoms with Gasteiger partial charge in [0.2, 0.25) is 0 Å². The van der Waals surface area contributed by atoms with Crippen LogP contribution in [-0.2, 0) is 19.1 Å². The fraction of sp³-hybridized carbons (Fsp3) is 0.800. The summed E-state index contributed by atoms with van der Waals surface area (Å²) >= 11 is 7.00. The van der Waals surface area contributed by atoms with Crippen molar-refractivity contribution >= 4 is 43.8 Å². The van der Waals surface area contributed by atoms with Gasteiger partial charge in [-0.2, -0.15) is 0 Å². The summed E-state index contributed by atoms with van der Waals surface area (Å²) in [6.45, 7) is 2.71. The number of rotatable bonds is 2. The van der Waals surface area contributed by atoms with E-state index >= 15 is 0 Å². The highest BCUT2D eigenvalue weighted by molar-refractivity contribution is 9.12. The van der Waals surface area contributed by atoms with Gasteiger partial charge in [-0.1, -0.05) is 31.9 Å². The van der Waals surface area contributed by atoms with Gasteiger partial charge in [0, 0.05) is 36.3 Å². The Labute approximate surface area is 111 Å². The van der Waals surface area contributed by atoms with Gasteiger partial charge < -0.3 is 9.47 Å². The van der Waals surface area contributed by atoms with Gasteiger partial charge in [-0.3, -0.25) is 9.59 Å². The molecule has 4 nitrogen and oxygen atoms in total. The average molecular weight is 358 g/mol. The summed E-state index contributed by atoms with van der Waals surface area (Å²) in [6.07, 6.45) is 0.542. The van der Waals surface area contributed by atoms with E-state index in [2.05, 4.69) is 31.9 Å². The zero-order valence-electron chi connectivity index (χ0n) is 9.11. The normalized spacial score (nSPS) is 34.2. The molecular formula is C10H14Br2O4. The van der Waals surface area contributed by atoms with Crippen LogP contribution in [-0.4, -0.2) is 33.8 Å². The van der Waals surface area contributed by atoms with Crippen LogP contribution in [0.2, 0.25) is 0 Å². The van der Waals surface area contributed by atoms with Crippen LogP contribution in [0.5, 0.6) is 0 Å². The van der Waals surface area contributed by atoms with Crippen molar-refractivity contribution in [2.75, 3.05) is 0 Å². The highest BCUT2D eigenvalue weighted by Gasteiger charge is 2.38. The van der Waals surface area contributed by atoms with Gasteiger partial charge in [0.1, 0.15) is 12.2 Å². The van der Waals surface area contributed by atoms with Crippen molar-refractivity contribution in [2.24, 2.45) is 0 Å². The van der Waals surface area contributed by atoms with Crippen LogP contribution >= 0.6 is 31.9 Å². The van der Waals surface area contributed by atoms with Crippen molar-refractivity contribution in [1.82, 2.24) is 0 Å². The molecule has 0 heterocycles. The number of halogens is 2. The van der Waals surface area contributed by atoms with E-state index in [0.717, 1.165) is 0 Å². The number of ether oxygens (including phenoxy) is 2. The van der Waals surface area contributed by atoms with Crippen LogP contribution in [0, 0.1) is 0 Å². The second kappa shape index (κ2) is 6.00. The van der Waals surface area contributed by atoms with Crippen molar-refractivity contribution in [3.05, 3.63) is 0 Å². The molecule has 16 heavy (non-hydrogen) atoms. The fourth-order valence-corrected chi connectivity index (χ4v) is 2.89. The molecule has 0 aliphatic heterocycles. The standard InChI is InChI=1S/C10H14Br2O4/c1-5(13)15-9-3-7(11)8(12)4-10(9)16-6(2)14/h7-10H,3-4H2,1-2H3/t7-,8+,9+,10-. The monoisotopic (exact) mass is 356 g/mol. The van der Waals surface area contributed by atoms with Crippen molar-refractivity contribution in [1.29, 1.82) is 0 Å². The fourth-order valence-electron chi connectivity index (χ4n) is 1.72. The molecule has 1 saturated carbocycles. The maximum absolute atomic E-state index is 10.9. The lowest BCUT2D eigenvalue weighted by atomic mass is 9.94. The van der Waals surface area contributed by atoms with E-state index in [1.807, 2.05) is 0 Å². The summed E-state index contributed by atoms with van der Waals surface area (Å²) in [4.78, 5) is 22.3. The van der Waals surface area contributed by atoms with Crippen molar-refractivity contribution in [2.45, 2.75) is 48.6 Å².